The van der Waals surface area contributed by atoms with Crippen molar-refractivity contribution in [2.45, 2.75) is 58.4 Å². The van der Waals surface area contributed by atoms with E-state index >= 15 is 0 Å². The lowest BCUT2D eigenvalue weighted by molar-refractivity contribution is 0.211. The number of hydrogen-bond donors (Lipinski definition) is 1. The van der Waals surface area contributed by atoms with Crippen molar-refractivity contribution in [3.63, 3.8) is 0 Å². The molecule has 112 valence electrons. The molecule has 0 aromatic heterocycles. The van der Waals surface area contributed by atoms with Crippen LogP contribution in [0.1, 0.15) is 58.4 Å². The van der Waals surface area contributed by atoms with Crippen LogP contribution in [0.5, 0.6) is 0 Å². The molecule has 0 bridgehead atoms. The fraction of sp³-hybridized carbons (Fsp3) is 0.647. The molecule has 3 heteroatoms. The van der Waals surface area contributed by atoms with E-state index in [4.69, 9.17) is 28.9 Å². The van der Waals surface area contributed by atoms with Gasteiger partial charge in [0.15, 0.2) is 0 Å². The summed E-state index contributed by atoms with van der Waals surface area (Å²) in [7, 11) is 0. The molecular weight excluding hydrogens is 289 g/mol. The number of hydrogen-bond acceptors (Lipinski definition) is 1. The first-order chi connectivity index (χ1) is 9.24. The molecule has 0 radical (unpaired) electrons. The van der Waals surface area contributed by atoms with Gasteiger partial charge >= 0.3 is 0 Å². The average molecular weight is 314 g/mol. The van der Waals surface area contributed by atoms with Crippen molar-refractivity contribution in [1.82, 2.24) is 0 Å². The van der Waals surface area contributed by atoms with Gasteiger partial charge in [-0.15, -0.1) is 0 Å². The van der Waals surface area contributed by atoms with E-state index in [-0.39, 0.29) is 5.54 Å². The topological polar surface area (TPSA) is 26.0 Å². The lowest BCUT2D eigenvalue weighted by Crippen LogP contribution is -2.36. The standard InChI is InChI=1S/C17H25Cl2N/c1-16(2,3)12-6-5-10-17(20,11-9-12)13-7-4-8-14(18)15(13)19/h4,7-8,12H,5-6,9-11,20H2,1-3H3. The van der Waals surface area contributed by atoms with E-state index in [0.29, 0.717) is 15.5 Å². The van der Waals surface area contributed by atoms with Crippen LogP contribution in [0.15, 0.2) is 18.2 Å². The first-order valence-corrected chi connectivity index (χ1v) is 8.23. The summed E-state index contributed by atoms with van der Waals surface area (Å²) >= 11 is 12.5. The third-order valence-corrected chi connectivity index (χ3v) is 5.65. The zero-order valence-electron chi connectivity index (χ0n) is 12.7. The normalized spacial score (nSPS) is 28.2. The smallest absolute Gasteiger partial charge is 0.0642 e. The van der Waals surface area contributed by atoms with E-state index in [9.17, 15) is 0 Å². The Labute approximate surface area is 132 Å². The number of nitrogens with two attached hydrogens (primary N) is 1. The molecule has 0 aliphatic heterocycles. The molecule has 1 aliphatic carbocycles. The molecule has 1 aliphatic rings. The van der Waals surface area contributed by atoms with Gasteiger partial charge in [-0.1, -0.05) is 62.5 Å². The third kappa shape index (κ3) is 3.32. The fourth-order valence-electron chi connectivity index (χ4n) is 3.39. The highest BCUT2D eigenvalue weighted by Gasteiger charge is 2.36. The molecule has 1 aromatic rings. The van der Waals surface area contributed by atoms with Crippen molar-refractivity contribution in [1.29, 1.82) is 0 Å². The van der Waals surface area contributed by atoms with Crippen LogP contribution in [0, 0.1) is 11.3 Å². The molecule has 2 rings (SSSR count). The zero-order valence-corrected chi connectivity index (χ0v) is 14.2. The molecule has 1 aromatic carbocycles. The number of rotatable bonds is 1. The Morgan fingerprint density at radius 3 is 2.50 bits per heavy atom. The van der Waals surface area contributed by atoms with E-state index in [1.165, 1.54) is 6.42 Å². The molecule has 20 heavy (non-hydrogen) atoms. The highest BCUT2D eigenvalue weighted by molar-refractivity contribution is 6.42. The summed E-state index contributed by atoms with van der Waals surface area (Å²) in [6.07, 6.45) is 5.53. The van der Waals surface area contributed by atoms with Gasteiger partial charge in [-0.2, -0.15) is 0 Å². The SMILES string of the molecule is CC(C)(C)C1CCCC(N)(c2cccc(Cl)c2Cl)CC1. The summed E-state index contributed by atoms with van der Waals surface area (Å²) in [5, 5.41) is 1.23. The molecular formula is C17H25Cl2N. The highest BCUT2D eigenvalue weighted by Crippen LogP contribution is 2.44. The Morgan fingerprint density at radius 2 is 1.85 bits per heavy atom. The molecule has 2 unspecified atom stereocenters. The lowest BCUT2D eigenvalue weighted by Gasteiger charge is -2.32. The Balaban J connectivity index is 2.26. The first-order valence-electron chi connectivity index (χ1n) is 7.47. The first kappa shape index (κ1) is 16.1. The van der Waals surface area contributed by atoms with Crippen LogP contribution in [-0.2, 0) is 5.54 Å². The van der Waals surface area contributed by atoms with Gasteiger partial charge in [0.2, 0.25) is 0 Å². The minimum atomic E-state index is -0.331. The summed E-state index contributed by atoms with van der Waals surface area (Å²) in [4.78, 5) is 0. The largest absolute Gasteiger partial charge is 0.321 e. The average Bonchev–Trinajstić information content (AvgIpc) is 2.55. The molecule has 1 nitrogen and oxygen atoms in total. The summed E-state index contributed by atoms with van der Waals surface area (Å²) in [5.74, 6) is 0.728. The quantitative estimate of drug-likeness (QED) is 0.654. The number of halogens is 2. The molecule has 0 saturated heterocycles. The van der Waals surface area contributed by atoms with Crippen molar-refractivity contribution in [2.75, 3.05) is 0 Å². The Bertz CT molecular complexity index is 478. The molecule has 2 N–H and O–H groups in total. The van der Waals surface area contributed by atoms with Crippen LogP contribution in [0.4, 0.5) is 0 Å². The van der Waals surface area contributed by atoms with E-state index < -0.39 is 0 Å². The van der Waals surface area contributed by atoms with Crippen LogP contribution >= 0.6 is 23.2 Å². The highest BCUT2D eigenvalue weighted by atomic mass is 35.5. The number of benzene rings is 1. The lowest BCUT2D eigenvalue weighted by atomic mass is 9.75. The maximum Gasteiger partial charge on any atom is 0.0642 e. The Kier molecular flexibility index (Phi) is 4.73. The van der Waals surface area contributed by atoms with Crippen LogP contribution in [0.3, 0.4) is 0 Å². The molecule has 1 fully saturated rings. The monoisotopic (exact) mass is 313 g/mol. The molecule has 0 heterocycles. The van der Waals surface area contributed by atoms with Gasteiger partial charge in [0.25, 0.3) is 0 Å². The maximum absolute atomic E-state index is 6.71. The summed E-state index contributed by atoms with van der Waals surface area (Å²) in [6, 6.07) is 5.81. The third-order valence-electron chi connectivity index (χ3n) is 4.83. The van der Waals surface area contributed by atoms with Gasteiger partial charge in [-0.05, 0) is 48.6 Å². The molecule has 0 amide bonds. The second kappa shape index (κ2) is 5.87. The molecule has 2 atom stereocenters. The Hall–Kier alpha value is -0.240. The Morgan fingerprint density at radius 1 is 1.15 bits per heavy atom. The second-order valence-electron chi connectivity index (χ2n) is 7.25. The molecule has 1 saturated carbocycles. The maximum atomic E-state index is 6.71. The summed E-state index contributed by atoms with van der Waals surface area (Å²) < 4.78 is 0. The van der Waals surface area contributed by atoms with Crippen molar-refractivity contribution in [3.05, 3.63) is 33.8 Å². The van der Waals surface area contributed by atoms with Crippen LogP contribution in [0.2, 0.25) is 10.0 Å². The van der Waals surface area contributed by atoms with Crippen molar-refractivity contribution in [2.24, 2.45) is 17.1 Å². The minimum Gasteiger partial charge on any atom is -0.321 e. The second-order valence-corrected chi connectivity index (χ2v) is 8.04. The van der Waals surface area contributed by atoms with E-state index in [0.717, 1.165) is 37.2 Å². The van der Waals surface area contributed by atoms with Gasteiger partial charge in [-0.3, -0.25) is 0 Å². The fourth-order valence-corrected chi connectivity index (χ4v) is 3.88. The van der Waals surface area contributed by atoms with Crippen LogP contribution in [-0.4, -0.2) is 0 Å². The zero-order chi connectivity index (χ0) is 15.0. The van der Waals surface area contributed by atoms with E-state index in [1.807, 2.05) is 18.2 Å². The van der Waals surface area contributed by atoms with Crippen molar-refractivity contribution >= 4 is 23.2 Å². The van der Waals surface area contributed by atoms with Gasteiger partial charge < -0.3 is 5.73 Å². The molecule has 0 spiro atoms. The van der Waals surface area contributed by atoms with Gasteiger partial charge in [0.05, 0.1) is 10.0 Å². The summed E-state index contributed by atoms with van der Waals surface area (Å²) in [5.41, 5.74) is 7.75. The predicted molar refractivity (Wildman–Crippen MR) is 88.4 cm³/mol. The summed E-state index contributed by atoms with van der Waals surface area (Å²) in [6.45, 7) is 6.98. The van der Waals surface area contributed by atoms with E-state index in [2.05, 4.69) is 20.8 Å². The van der Waals surface area contributed by atoms with Gasteiger partial charge in [0.1, 0.15) is 0 Å². The van der Waals surface area contributed by atoms with Gasteiger partial charge in [0, 0.05) is 5.54 Å². The van der Waals surface area contributed by atoms with E-state index in [1.54, 1.807) is 0 Å². The van der Waals surface area contributed by atoms with Crippen LogP contribution < -0.4 is 5.73 Å². The predicted octanol–water partition coefficient (Wildman–Crippen LogP) is 5.77. The van der Waals surface area contributed by atoms with Gasteiger partial charge in [-0.25, -0.2) is 0 Å². The minimum absolute atomic E-state index is 0.331. The van der Waals surface area contributed by atoms with Crippen LogP contribution in [0.25, 0.3) is 0 Å². The van der Waals surface area contributed by atoms with Crippen molar-refractivity contribution in [3.8, 4) is 0 Å². The van der Waals surface area contributed by atoms with Crippen molar-refractivity contribution < 1.29 is 0 Å².